The standard InChI is InChI=1S/C24H20N4O5S/c1-15-12-13-18(19(14-15)28(30)31)25-22(29)21(16-8-4-3-5-9-16)34-24-27-26-23(33-24)17-10-6-7-11-20(17)32-2/h3-14,21H,1-2H3,(H,25,29)/t21-/m1/s1. The van der Waals surface area contributed by atoms with Gasteiger partial charge in [0.2, 0.25) is 5.91 Å². The predicted octanol–water partition coefficient (Wildman–Crippen LogP) is 5.43. The number of nitrogens with zero attached hydrogens (tertiary/aromatic N) is 3. The normalized spacial score (nSPS) is 11.6. The van der Waals surface area contributed by atoms with Gasteiger partial charge >= 0.3 is 0 Å². The largest absolute Gasteiger partial charge is 0.496 e. The highest BCUT2D eigenvalue weighted by Crippen LogP contribution is 2.38. The lowest BCUT2D eigenvalue weighted by molar-refractivity contribution is -0.384. The van der Waals surface area contributed by atoms with Crippen LogP contribution in [0.3, 0.4) is 0 Å². The van der Waals surface area contributed by atoms with E-state index >= 15 is 0 Å². The minimum Gasteiger partial charge on any atom is -0.496 e. The molecule has 1 atom stereocenters. The van der Waals surface area contributed by atoms with E-state index in [4.69, 9.17) is 9.15 Å². The molecule has 0 saturated carbocycles. The smallest absolute Gasteiger partial charge is 0.293 e. The third-order valence-electron chi connectivity index (χ3n) is 4.91. The number of aromatic nitrogens is 2. The number of benzene rings is 3. The topological polar surface area (TPSA) is 120 Å². The third kappa shape index (κ3) is 5.07. The molecule has 0 fully saturated rings. The molecule has 172 valence electrons. The van der Waals surface area contributed by atoms with Crippen molar-refractivity contribution in [1.29, 1.82) is 0 Å². The Morgan fingerprint density at radius 3 is 2.56 bits per heavy atom. The van der Waals surface area contributed by atoms with E-state index in [0.717, 1.165) is 11.8 Å². The van der Waals surface area contributed by atoms with Gasteiger partial charge in [-0.3, -0.25) is 14.9 Å². The van der Waals surface area contributed by atoms with E-state index < -0.39 is 16.1 Å². The molecule has 9 nitrogen and oxygen atoms in total. The van der Waals surface area contributed by atoms with Gasteiger partial charge in [-0.2, -0.15) is 0 Å². The lowest BCUT2D eigenvalue weighted by atomic mass is 10.1. The van der Waals surface area contributed by atoms with E-state index in [1.54, 1.807) is 56.5 Å². The molecule has 1 amide bonds. The van der Waals surface area contributed by atoms with Crippen LogP contribution in [0.15, 0.2) is 82.4 Å². The van der Waals surface area contributed by atoms with Crippen LogP contribution in [-0.4, -0.2) is 28.1 Å². The molecule has 0 radical (unpaired) electrons. The SMILES string of the molecule is COc1ccccc1-c1nnc(S[C@@H](C(=O)Nc2ccc(C)cc2[N+](=O)[O-])c2ccccc2)o1. The molecule has 0 unspecified atom stereocenters. The molecule has 0 aliphatic carbocycles. The minimum absolute atomic E-state index is 0.113. The molecule has 0 bridgehead atoms. The van der Waals surface area contributed by atoms with E-state index in [-0.39, 0.29) is 22.5 Å². The summed E-state index contributed by atoms with van der Waals surface area (Å²) in [7, 11) is 1.55. The van der Waals surface area contributed by atoms with E-state index in [0.29, 0.717) is 22.4 Å². The van der Waals surface area contributed by atoms with Gasteiger partial charge in [-0.05, 0) is 48.0 Å². The van der Waals surface area contributed by atoms with Crippen molar-refractivity contribution in [2.45, 2.75) is 17.4 Å². The van der Waals surface area contributed by atoms with Gasteiger partial charge in [0.1, 0.15) is 16.7 Å². The third-order valence-corrected chi connectivity index (χ3v) is 6.00. The molecule has 0 saturated heterocycles. The number of hydrogen-bond acceptors (Lipinski definition) is 8. The van der Waals surface area contributed by atoms with Gasteiger partial charge in [0.05, 0.1) is 17.6 Å². The van der Waals surface area contributed by atoms with Crippen LogP contribution < -0.4 is 10.1 Å². The molecule has 1 heterocycles. The first-order chi connectivity index (χ1) is 16.5. The van der Waals surface area contributed by atoms with Crippen molar-refractivity contribution in [3.63, 3.8) is 0 Å². The van der Waals surface area contributed by atoms with Crippen molar-refractivity contribution >= 4 is 29.0 Å². The van der Waals surface area contributed by atoms with E-state index in [2.05, 4.69) is 15.5 Å². The molecule has 4 aromatic rings. The fraction of sp³-hybridized carbons (Fsp3) is 0.125. The molecule has 4 rings (SSSR count). The molecule has 0 spiro atoms. The van der Waals surface area contributed by atoms with Gasteiger partial charge < -0.3 is 14.5 Å². The first kappa shape index (κ1) is 23.0. The van der Waals surface area contributed by atoms with Gasteiger partial charge in [0, 0.05) is 6.07 Å². The Labute approximate surface area is 199 Å². The Morgan fingerprint density at radius 1 is 1.09 bits per heavy atom. The van der Waals surface area contributed by atoms with Gasteiger partial charge in [-0.25, -0.2) is 0 Å². The Bertz CT molecular complexity index is 1330. The number of methoxy groups -OCH3 is 1. The number of rotatable bonds is 8. The van der Waals surface area contributed by atoms with Crippen LogP contribution in [0.5, 0.6) is 5.75 Å². The summed E-state index contributed by atoms with van der Waals surface area (Å²) in [5.41, 5.74) is 1.95. The van der Waals surface area contributed by atoms with Crippen molar-refractivity contribution in [1.82, 2.24) is 10.2 Å². The van der Waals surface area contributed by atoms with Crippen molar-refractivity contribution in [3.8, 4) is 17.2 Å². The molecule has 1 N–H and O–H groups in total. The number of para-hydroxylation sites is 1. The summed E-state index contributed by atoms with van der Waals surface area (Å²) in [6.45, 7) is 1.75. The van der Waals surface area contributed by atoms with E-state index in [1.165, 1.54) is 12.1 Å². The zero-order valence-corrected chi connectivity index (χ0v) is 19.1. The number of nitro benzene ring substituents is 1. The summed E-state index contributed by atoms with van der Waals surface area (Å²) in [6, 6.07) is 20.9. The zero-order chi connectivity index (χ0) is 24.1. The first-order valence-corrected chi connectivity index (χ1v) is 11.1. The fourth-order valence-electron chi connectivity index (χ4n) is 3.29. The van der Waals surface area contributed by atoms with Crippen LogP contribution in [0.2, 0.25) is 0 Å². The summed E-state index contributed by atoms with van der Waals surface area (Å²) in [6.07, 6.45) is 0. The number of nitro groups is 1. The summed E-state index contributed by atoms with van der Waals surface area (Å²) in [5.74, 6) is 0.369. The summed E-state index contributed by atoms with van der Waals surface area (Å²) in [4.78, 5) is 24.2. The maximum atomic E-state index is 13.3. The number of carbonyl (C=O) groups is 1. The highest BCUT2D eigenvalue weighted by atomic mass is 32.2. The Balaban J connectivity index is 1.63. The average Bonchev–Trinajstić information content (AvgIpc) is 3.32. The summed E-state index contributed by atoms with van der Waals surface area (Å²) in [5, 5.41) is 21.7. The van der Waals surface area contributed by atoms with Crippen molar-refractivity contribution in [2.24, 2.45) is 0 Å². The number of ether oxygens (including phenoxy) is 1. The van der Waals surface area contributed by atoms with Crippen molar-refractivity contribution in [3.05, 3.63) is 94.0 Å². The van der Waals surface area contributed by atoms with Crippen LogP contribution >= 0.6 is 11.8 Å². The number of thioether (sulfide) groups is 1. The molecule has 10 heteroatoms. The molecule has 0 aliphatic rings. The van der Waals surface area contributed by atoms with E-state index in [1.807, 2.05) is 18.2 Å². The Hall–Kier alpha value is -4.18. The fourth-order valence-corrected chi connectivity index (χ4v) is 4.16. The van der Waals surface area contributed by atoms with Crippen LogP contribution in [0, 0.1) is 17.0 Å². The molecule has 0 aliphatic heterocycles. The quantitative estimate of drug-likeness (QED) is 0.203. The van der Waals surface area contributed by atoms with Crippen LogP contribution in [-0.2, 0) is 4.79 Å². The Kier molecular flexibility index (Phi) is 6.88. The second-order valence-corrected chi connectivity index (χ2v) is 8.31. The summed E-state index contributed by atoms with van der Waals surface area (Å²) >= 11 is 1.05. The lowest BCUT2D eigenvalue weighted by Crippen LogP contribution is -2.19. The van der Waals surface area contributed by atoms with Crippen LogP contribution in [0.4, 0.5) is 11.4 Å². The minimum atomic E-state index is -0.798. The number of nitrogens with one attached hydrogen (secondary N) is 1. The van der Waals surface area contributed by atoms with Gasteiger partial charge in [-0.15, -0.1) is 10.2 Å². The second-order valence-electron chi connectivity index (χ2n) is 7.25. The highest BCUT2D eigenvalue weighted by Gasteiger charge is 2.27. The summed E-state index contributed by atoms with van der Waals surface area (Å²) < 4.78 is 11.2. The molecule has 1 aromatic heterocycles. The zero-order valence-electron chi connectivity index (χ0n) is 18.3. The van der Waals surface area contributed by atoms with Crippen LogP contribution in [0.25, 0.3) is 11.5 Å². The number of amides is 1. The van der Waals surface area contributed by atoms with Crippen molar-refractivity contribution in [2.75, 3.05) is 12.4 Å². The average molecular weight is 477 g/mol. The first-order valence-electron chi connectivity index (χ1n) is 10.2. The maximum Gasteiger partial charge on any atom is 0.293 e. The second kappa shape index (κ2) is 10.2. The molecular formula is C24H20N4O5S. The number of aryl methyl sites for hydroxylation is 1. The number of hydrogen-bond donors (Lipinski definition) is 1. The van der Waals surface area contributed by atoms with E-state index in [9.17, 15) is 14.9 Å². The highest BCUT2D eigenvalue weighted by molar-refractivity contribution is 8.00. The lowest BCUT2D eigenvalue weighted by Gasteiger charge is -2.15. The maximum absolute atomic E-state index is 13.3. The Morgan fingerprint density at radius 2 is 1.82 bits per heavy atom. The molecule has 3 aromatic carbocycles. The number of carbonyl (C=O) groups excluding carboxylic acids is 1. The molecular weight excluding hydrogens is 456 g/mol. The van der Waals surface area contributed by atoms with Gasteiger partial charge in [0.15, 0.2) is 0 Å². The van der Waals surface area contributed by atoms with Gasteiger partial charge in [-0.1, -0.05) is 48.5 Å². The predicted molar refractivity (Wildman–Crippen MR) is 128 cm³/mol. The monoisotopic (exact) mass is 476 g/mol. The molecule has 34 heavy (non-hydrogen) atoms. The van der Waals surface area contributed by atoms with Crippen molar-refractivity contribution < 1.29 is 18.9 Å². The number of anilines is 1. The van der Waals surface area contributed by atoms with Crippen LogP contribution in [0.1, 0.15) is 16.4 Å². The van der Waals surface area contributed by atoms with Gasteiger partial charge in [0.25, 0.3) is 16.8 Å².